The molecule has 0 aliphatic heterocycles. The molecule has 0 atom stereocenters. The molecule has 2 aromatic carbocycles. The van der Waals surface area contributed by atoms with Gasteiger partial charge in [-0.05, 0) is 41.8 Å². The summed E-state index contributed by atoms with van der Waals surface area (Å²) in [7, 11) is 0. The number of halogens is 4. The molecule has 8 heteroatoms. The Morgan fingerprint density at radius 1 is 1.11 bits per heavy atom. The molecule has 0 spiro atoms. The van der Waals surface area contributed by atoms with Gasteiger partial charge in [-0.25, -0.2) is 4.39 Å². The smallest absolute Gasteiger partial charge is 0.365 e. The van der Waals surface area contributed by atoms with Crippen LogP contribution in [0.2, 0.25) is 0 Å². The van der Waals surface area contributed by atoms with Crippen molar-refractivity contribution < 1.29 is 22.4 Å². The third-order valence-electron chi connectivity index (χ3n) is 4.48. The highest BCUT2D eigenvalue weighted by atomic mass is 19.4. The average Bonchev–Trinajstić information content (AvgIpc) is 2.61. The van der Waals surface area contributed by atoms with E-state index in [-0.39, 0.29) is 22.5 Å². The van der Waals surface area contributed by atoms with Gasteiger partial charge in [0.15, 0.2) is 0 Å². The number of carbonyl (C=O) groups is 1. The Balaban J connectivity index is 2.46. The van der Waals surface area contributed by atoms with E-state index in [4.69, 9.17) is 5.73 Å². The molecule has 1 aromatic heterocycles. The second kappa shape index (κ2) is 6.78. The highest BCUT2D eigenvalue weighted by Crippen LogP contribution is 2.36. The first-order chi connectivity index (χ1) is 13.0. The zero-order valence-corrected chi connectivity index (χ0v) is 15.0. The number of alkyl halides is 3. The van der Waals surface area contributed by atoms with E-state index in [2.05, 4.69) is 0 Å². The Morgan fingerprint density at radius 2 is 1.79 bits per heavy atom. The van der Waals surface area contributed by atoms with Crippen LogP contribution in [0.5, 0.6) is 0 Å². The molecule has 0 saturated carbocycles. The van der Waals surface area contributed by atoms with Gasteiger partial charge in [-0.1, -0.05) is 19.9 Å². The zero-order valence-electron chi connectivity index (χ0n) is 15.0. The van der Waals surface area contributed by atoms with E-state index in [1.807, 2.05) is 0 Å². The Kier molecular flexibility index (Phi) is 4.74. The molecule has 0 saturated heterocycles. The minimum atomic E-state index is -4.69. The van der Waals surface area contributed by atoms with Crippen molar-refractivity contribution in [2.24, 2.45) is 5.73 Å². The SMILES string of the molecule is CC(C)c1ccc(-n2cc(C(N)=O)c(=O)c3cc(F)ccc32)c(C(F)(F)F)c1. The molecule has 2 N–H and O–H groups in total. The summed E-state index contributed by atoms with van der Waals surface area (Å²) in [6.45, 7) is 3.52. The lowest BCUT2D eigenvalue weighted by Crippen LogP contribution is -2.24. The number of rotatable bonds is 3. The molecule has 3 rings (SSSR count). The molecule has 0 fully saturated rings. The van der Waals surface area contributed by atoms with Crippen molar-refractivity contribution >= 4 is 16.8 Å². The second-order valence-electron chi connectivity index (χ2n) is 6.70. The van der Waals surface area contributed by atoms with Gasteiger partial charge in [0, 0.05) is 11.6 Å². The van der Waals surface area contributed by atoms with Gasteiger partial charge in [-0.2, -0.15) is 13.2 Å². The van der Waals surface area contributed by atoms with Crippen LogP contribution in [-0.4, -0.2) is 10.5 Å². The maximum atomic E-state index is 13.8. The molecule has 0 bridgehead atoms. The summed E-state index contributed by atoms with van der Waals surface area (Å²) in [5, 5.41) is -0.239. The van der Waals surface area contributed by atoms with Crippen LogP contribution in [0.25, 0.3) is 16.6 Å². The third-order valence-corrected chi connectivity index (χ3v) is 4.48. The maximum Gasteiger partial charge on any atom is 0.418 e. The van der Waals surface area contributed by atoms with Crippen molar-refractivity contribution in [3.05, 3.63) is 75.3 Å². The Hall–Kier alpha value is -3.16. The van der Waals surface area contributed by atoms with Gasteiger partial charge in [0.25, 0.3) is 5.91 Å². The number of benzene rings is 2. The normalized spacial score (nSPS) is 12.0. The fourth-order valence-electron chi connectivity index (χ4n) is 3.03. The summed E-state index contributed by atoms with van der Waals surface area (Å²) in [5.41, 5.74) is 3.10. The second-order valence-corrected chi connectivity index (χ2v) is 6.70. The van der Waals surface area contributed by atoms with Crippen molar-refractivity contribution in [1.29, 1.82) is 0 Å². The quantitative estimate of drug-likeness (QED) is 0.673. The fraction of sp³-hybridized carbons (Fsp3) is 0.200. The molecule has 1 heterocycles. The zero-order chi connectivity index (χ0) is 20.8. The number of fused-ring (bicyclic) bond motifs is 1. The summed E-state index contributed by atoms with van der Waals surface area (Å²) in [5.74, 6) is -2.02. The molecule has 0 aliphatic carbocycles. The lowest BCUT2D eigenvalue weighted by Gasteiger charge is -2.20. The van der Waals surface area contributed by atoms with Crippen LogP contribution in [0.1, 0.15) is 41.3 Å². The lowest BCUT2D eigenvalue weighted by molar-refractivity contribution is -0.137. The van der Waals surface area contributed by atoms with E-state index in [0.717, 1.165) is 29.0 Å². The van der Waals surface area contributed by atoms with Crippen LogP contribution >= 0.6 is 0 Å². The largest absolute Gasteiger partial charge is 0.418 e. The molecule has 0 aliphatic rings. The molecule has 28 heavy (non-hydrogen) atoms. The number of primary amides is 1. The number of carbonyl (C=O) groups excluding carboxylic acids is 1. The predicted molar refractivity (Wildman–Crippen MR) is 97.1 cm³/mol. The highest BCUT2D eigenvalue weighted by molar-refractivity contribution is 5.96. The first kappa shape index (κ1) is 19.6. The minimum absolute atomic E-state index is 0.0270. The monoisotopic (exact) mass is 392 g/mol. The first-order valence-electron chi connectivity index (χ1n) is 8.37. The average molecular weight is 392 g/mol. The van der Waals surface area contributed by atoms with E-state index >= 15 is 0 Å². The fourth-order valence-corrected chi connectivity index (χ4v) is 3.03. The molecule has 0 radical (unpaired) electrons. The highest BCUT2D eigenvalue weighted by Gasteiger charge is 2.35. The van der Waals surface area contributed by atoms with Crippen LogP contribution < -0.4 is 11.2 Å². The van der Waals surface area contributed by atoms with Crippen molar-refractivity contribution in [3.8, 4) is 5.69 Å². The molecule has 146 valence electrons. The maximum absolute atomic E-state index is 13.8. The van der Waals surface area contributed by atoms with Crippen LogP contribution in [0.15, 0.2) is 47.4 Å². The molecule has 1 amide bonds. The van der Waals surface area contributed by atoms with Crippen molar-refractivity contribution in [2.75, 3.05) is 0 Å². The van der Waals surface area contributed by atoms with Gasteiger partial charge in [0.1, 0.15) is 11.4 Å². The van der Waals surface area contributed by atoms with Crippen molar-refractivity contribution in [1.82, 2.24) is 4.57 Å². The number of hydrogen-bond donors (Lipinski definition) is 1. The Labute approximate surface area is 157 Å². The lowest BCUT2D eigenvalue weighted by atomic mass is 9.99. The van der Waals surface area contributed by atoms with Gasteiger partial charge in [0.05, 0.1) is 16.8 Å². The molecule has 3 aromatic rings. The molecular formula is C20H16F4N2O2. The van der Waals surface area contributed by atoms with Crippen LogP contribution in [0.4, 0.5) is 17.6 Å². The third kappa shape index (κ3) is 3.37. The molecule has 0 unspecified atom stereocenters. The summed E-state index contributed by atoms with van der Waals surface area (Å²) >= 11 is 0. The van der Waals surface area contributed by atoms with Crippen molar-refractivity contribution in [2.45, 2.75) is 25.9 Å². The number of amides is 1. The van der Waals surface area contributed by atoms with E-state index in [9.17, 15) is 27.2 Å². The summed E-state index contributed by atoms with van der Waals surface area (Å²) < 4.78 is 56.0. The van der Waals surface area contributed by atoms with Crippen LogP contribution in [0.3, 0.4) is 0 Å². The van der Waals surface area contributed by atoms with E-state index in [0.29, 0.717) is 5.56 Å². The Bertz CT molecular complexity index is 1150. The van der Waals surface area contributed by atoms with Gasteiger partial charge in [0.2, 0.25) is 5.43 Å². The molecular weight excluding hydrogens is 376 g/mol. The summed E-state index contributed by atoms with van der Waals surface area (Å²) in [4.78, 5) is 24.1. The predicted octanol–water partition coefficient (Wildman–Crippen LogP) is 4.37. The molecule has 4 nitrogen and oxygen atoms in total. The first-order valence-corrected chi connectivity index (χ1v) is 8.37. The van der Waals surface area contributed by atoms with Gasteiger partial charge in [-0.3, -0.25) is 9.59 Å². The van der Waals surface area contributed by atoms with Crippen LogP contribution in [-0.2, 0) is 6.18 Å². The number of aromatic nitrogens is 1. The number of pyridine rings is 1. The minimum Gasteiger partial charge on any atom is -0.365 e. The van der Waals surface area contributed by atoms with Gasteiger partial charge >= 0.3 is 6.18 Å². The number of nitrogens with zero attached hydrogens (tertiary/aromatic N) is 1. The topological polar surface area (TPSA) is 65.1 Å². The van der Waals surface area contributed by atoms with Gasteiger partial charge < -0.3 is 10.3 Å². The number of hydrogen-bond acceptors (Lipinski definition) is 2. The number of nitrogens with two attached hydrogens (primary N) is 1. The van der Waals surface area contributed by atoms with E-state index < -0.39 is 34.5 Å². The standard InChI is InChI=1S/C20H16F4N2O2/c1-10(2)11-3-5-17(15(7-11)20(22,23)24)26-9-14(19(25)28)18(27)13-8-12(21)4-6-16(13)26/h3-10H,1-2H3,(H2,25,28). The summed E-state index contributed by atoms with van der Waals surface area (Å²) in [6.07, 6.45) is -3.73. The van der Waals surface area contributed by atoms with E-state index in [1.54, 1.807) is 13.8 Å². The van der Waals surface area contributed by atoms with Crippen LogP contribution in [0, 0.1) is 5.82 Å². The van der Waals surface area contributed by atoms with Gasteiger partial charge in [-0.15, -0.1) is 0 Å². The summed E-state index contributed by atoms with van der Waals surface area (Å²) in [6, 6.07) is 6.90. The van der Waals surface area contributed by atoms with Crippen molar-refractivity contribution in [3.63, 3.8) is 0 Å². The van der Waals surface area contributed by atoms with E-state index in [1.165, 1.54) is 18.2 Å². The Morgan fingerprint density at radius 3 is 2.36 bits per heavy atom.